The Labute approximate surface area is 97.5 Å². The van der Waals surface area contributed by atoms with Gasteiger partial charge in [-0.05, 0) is 12.1 Å². The molecule has 0 spiro atoms. The molecule has 3 nitrogen and oxygen atoms in total. The average molecular weight is 258 g/mol. The van der Waals surface area contributed by atoms with Gasteiger partial charge in [-0.3, -0.25) is 4.79 Å². The van der Waals surface area contributed by atoms with Crippen molar-refractivity contribution in [2.24, 2.45) is 0 Å². The average Bonchev–Trinajstić information content (AvgIpc) is 2.75. The highest BCUT2D eigenvalue weighted by atomic mass is 32.2. The van der Waals surface area contributed by atoms with Gasteiger partial charge in [0, 0.05) is 5.56 Å². The van der Waals surface area contributed by atoms with Crippen molar-refractivity contribution in [1.29, 1.82) is 0 Å². The Morgan fingerprint density at radius 1 is 1.31 bits per heavy atom. The second-order valence-electron chi connectivity index (χ2n) is 2.74. The van der Waals surface area contributed by atoms with E-state index in [1.54, 1.807) is 0 Å². The molecule has 1 aromatic heterocycles. The molecule has 0 unspecified atom stereocenters. The van der Waals surface area contributed by atoms with E-state index < -0.39 is 11.6 Å². The van der Waals surface area contributed by atoms with Gasteiger partial charge in [-0.15, -0.1) is 10.2 Å². The van der Waals surface area contributed by atoms with E-state index in [4.69, 9.17) is 0 Å². The van der Waals surface area contributed by atoms with Crippen LogP contribution in [0.1, 0.15) is 10.4 Å². The van der Waals surface area contributed by atoms with E-state index in [-0.39, 0.29) is 10.5 Å². The van der Waals surface area contributed by atoms with Crippen LogP contribution in [0, 0.1) is 11.6 Å². The Balaban J connectivity index is 2.37. The van der Waals surface area contributed by atoms with Gasteiger partial charge in [-0.25, -0.2) is 8.78 Å². The molecular formula is C9H4F2N2OS2. The summed E-state index contributed by atoms with van der Waals surface area (Å²) in [6.07, 6.45) is 0.394. The molecule has 82 valence electrons. The Kier molecular flexibility index (Phi) is 3.25. The molecule has 0 aliphatic rings. The smallest absolute Gasteiger partial charge is 0.179 e. The van der Waals surface area contributed by atoms with Gasteiger partial charge in [0.25, 0.3) is 0 Å². The molecule has 0 bridgehead atoms. The molecule has 2 aromatic rings. The fourth-order valence-corrected chi connectivity index (χ4v) is 2.47. The third kappa shape index (κ3) is 2.25. The number of aromatic nitrogens is 2. The highest BCUT2D eigenvalue weighted by molar-refractivity contribution is 8.01. The van der Waals surface area contributed by atoms with Crippen LogP contribution in [0.3, 0.4) is 0 Å². The Hall–Kier alpha value is -1.34. The van der Waals surface area contributed by atoms with Gasteiger partial charge in [0.15, 0.2) is 4.34 Å². The third-order valence-electron chi connectivity index (χ3n) is 1.69. The Morgan fingerprint density at radius 3 is 2.50 bits per heavy atom. The van der Waals surface area contributed by atoms with E-state index in [1.807, 2.05) is 0 Å². The third-order valence-corrected chi connectivity index (χ3v) is 3.56. The van der Waals surface area contributed by atoms with Crippen molar-refractivity contribution in [3.8, 4) is 0 Å². The second kappa shape index (κ2) is 4.67. The molecule has 0 N–H and O–H groups in total. The molecule has 0 saturated heterocycles. The summed E-state index contributed by atoms with van der Waals surface area (Å²) in [6, 6.07) is 1.97. The number of nitrogens with zero attached hydrogens (tertiary/aromatic N) is 2. The van der Waals surface area contributed by atoms with Crippen LogP contribution in [0.2, 0.25) is 0 Å². The van der Waals surface area contributed by atoms with E-state index in [9.17, 15) is 13.6 Å². The van der Waals surface area contributed by atoms with Gasteiger partial charge in [-0.1, -0.05) is 23.1 Å². The summed E-state index contributed by atoms with van der Waals surface area (Å²) >= 11 is 2.03. The highest BCUT2D eigenvalue weighted by Crippen LogP contribution is 2.32. The Morgan fingerprint density at radius 2 is 2.00 bits per heavy atom. The maximum absolute atomic E-state index is 13.4. The van der Waals surface area contributed by atoms with E-state index >= 15 is 0 Å². The minimum absolute atomic E-state index is 0.0309. The van der Waals surface area contributed by atoms with Gasteiger partial charge < -0.3 is 0 Å². The number of hydrogen-bond donors (Lipinski definition) is 0. The molecule has 16 heavy (non-hydrogen) atoms. The minimum Gasteiger partial charge on any atom is -0.298 e. The number of rotatable bonds is 3. The molecule has 0 fully saturated rings. The van der Waals surface area contributed by atoms with Crippen molar-refractivity contribution in [3.63, 3.8) is 0 Å². The lowest BCUT2D eigenvalue weighted by molar-refractivity contribution is 0.112. The SMILES string of the molecule is O=Cc1cc(F)c(Sc2nncs2)c(F)c1. The summed E-state index contributed by atoms with van der Waals surface area (Å²) in [4.78, 5) is 10.2. The fraction of sp³-hybridized carbons (Fsp3) is 0. The van der Waals surface area contributed by atoms with Gasteiger partial charge in [0.2, 0.25) is 0 Å². The summed E-state index contributed by atoms with van der Waals surface area (Å²) in [5, 5.41) is 7.22. The summed E-state index contributed by atoms with van der Waals surface area (Å²) in [5.41, 5.74) is 1.44. The lowest BCUT2D eigenvalue weighted by atomic mass is 10.2. The van der Waals surface area contributed by atoms with Crippen LogP contribution in [0.4, 0.5) is 8.78 Å². The molecule has 0 saturated carbocycles. The zero-order chi connectivity index (χ0) is 11.5. The number of benzene rings is 1. The molecule has 0 amide bonds. The predicted octanol–water partition coefficient (Wildman–Crippen LogP) is 2.78. The summed E-state index contributed by atoms with van der Waals surface area (Å²) in [5.74, 6) is -1.55. The molecule has 2 rings (SSSR count). The predicted molar refractivity (Wildman–Crippen MR) is 55.8 cm³/mol. The van der Waals surface area contributed by atoms with E-state index in [0.29, 0.717) is 10.6 Å². The zero-order valence-corrected chi connectivity index (χ0v) is 9.32. The van der Waals surface area contributed by atoms with Gasteiger partial charge >= 0.3 is 0 Å². The molecule has 0 aliphatic heterocycles. The van der Waals surface area contributed by atoms with E-state index in [2.05, 4.69) is 10.2 Å². The lowest BCUT2D eigenvalue weighted by Gasteiger charge is -2.02. The van der Waals surface area contributed by atoms with Crippen molar-refractivity contribution in [3.05, 3.63) is 34.8 Å². The van der Waals surface area contributed by atoms with Crippen LogP contribution in [0.5, 0.6) is 0 Å². The minimum atomic E-state index is -0.776. The standard InChI is InChI=1S/C9H4F2N2OS2/c10-6-1-5(3-14)2-7(11)8(6)16-9-13-12-4-15-9/h1-4H. The monoisotopic (exact) mass is 258 g/mol. The molecular weight excluding hydrogens is 254 g/mol. The van der Waals surface area contributed by atoms with Gasteiger partial charge in [0.1, 0.15) is 23.4 Å². The van der Waals surface area contributed by atoms with Gasteiger partial charge in [0.05, 0.1) is 4.90 Å². The topological polar surface area (TPSA) is 42.9 Å². The second-order valence-corrected chi connectivity index (χ2v) is 4.83. The molecule has 1 heterocycles. The van der Waals surface area contributed by atoms with Crippen molar-refractivity contribution >= 4 is 29.4 Å². The summed E-state index contributed by atoms with van der Waals surface area (Å²) in [6.45, 7) is 0. The zero-order valence-electron chi connectivity index (χ0n) is 7.68. The Bertz CT molecular complexity index is 493. The molecule has 0 aliphatic carbocycles. The number of hydrogen-bond acceptors (Lipinski definition) is 5. The number of halogens is 2. The van der Waals surface area contributed by atoms with Crippen molar-refractivity contribution in [1.82, 2.24) is 10.2 Å². The first-order valence-corrected chi connectivity index (χ1v) is 5.78. The molecule has 1 aromatic carbocycles. The van der Waals surface area contributed by atoms with Crippen LogP contribution in [-0.2, 0) is 0 Å². The van der Waals surface area contributed by atoms with E-state index in [0.717, 1.165) is 23.9 Å². The summed E-state index contributed by atoms with van der Waals surface area (Å²) < 4.78 is 27.3. The largest absolute Gasteiger partial charge is 0.298 e. The van der Waals surface area contributed by atoms with Crippen LogP contribution in [0.15, 0.2) is 26.9 Å². The number of carbonyl (C=O) groups excluding carboxylic acids is 1. The lowest BCUT2D eigenvalue weighted by Crippen LogP contribution is -1.91. The quantitative estimate of drug-likeness (QED) is 0.794. The van der Waals surface area contributed by atoms with Crippen LogP contribution < -0.4 is 0 Å². The van der Waals surface area contributed by atoms with Crippen LogP contribution in [0.25, 0.3) is 0 Å². The fourth-order valence-electron chi connectivity index (χ4n) is 1.04. The van der Waals surface area contributed by atoms with Crippen molar-refractivity contribution < 1.29 is 13.6 Å². The summed E-state index contributed by atoms with van der Waals surface area (Å²) in [7, 11) is 0. The van der Waals surface area contributed by atoms with Crippen molar-refractivity contribution in [2.75, 3.05) is 0 Å². The van der Waals surface area contributed by atoms with Crippen molar-refractivity contribution in [2.45, 2.75) is 9.24 Å². The maximum atomic E-state index is 13.4. The van der Waals surface area contributed by atoms with E-state index in [1.165, 1.54) is 16.8 Å². The van der Waals surface area contributed by atoms with Crippen LogP contribution >= 0.6 is 23.1 Å². The maximum Gasteiger partial charge on any atom is 0.179 e. The first-order chi connectivity index (χ1) is 7.70. The first kappa shape index (κ1) is 11.2. The van der Waals surface area contributed by atoms with Crippen LogP contribution in [-0.4, -0.2) is 16.5 Å². The number of carbonyl (C=O) groups is 1. The molecule has 0 atom stereocenters. The molecule has 7 heteroatoms. The highest BCUT2D eigenvalue weighted by Gasteiger charge is 2.14. The normalized spacial score (nSPS) is 10.4. The molecule has 0 radical (unpaired) electrons. The first-order valence-electron chi connectivity index (χ1n) is 4.09. The number of aldehydes is 1. The van der Waals surface area contributed by atoms with Gasteiger partial charge in [-0.2, -0.15) is 0 Å².